The van der Waals surface area contributed by atoms with Crippen molar-refractivity contribution in [1.82, 2.24) is 20.1 Å². The number of carbonyl (C=O) groups excluding carboxylic acids is 2. The molecule has 0 bridgehead atoms. The Bertz CT molecular complexity index is 1650. The number of likely N-dealkylation sites (N-methyl/N-ethyl adjacent to an activating group) is 1. The van der Waals surface area contributed by atoms with Gasteiger partial charge in [-0.2, -0.15) is 0 Å². The highest BCUT2D eigenvalue weighted by molar-refractivity contribution is 6.09. The smallest absolute Gasteiger partial charge is 0.252 e. The molecule has 0 radical (unpaired) electrons. The molecule has 10 heteroatoms. The van der Waals surface area contributed by atoms with Crippen molar-refractivity contribution in [3.63, 3.8) is 0 Å². The van der Waals surface area contributed by atoms with Crippen LogP contribution in [0.4, 0.5) is 5.69 Å². The van der Waals surface area contributed by atoms with Crippen molar-refractivity contribution in [2.75, 3.05) is 39.2 Å². The maximum absolute atomic E-state index is 11.4. The average Bonchev–Trinajstić information content (AvgIpc) is 3.51. The first-order valence-electron chi connectivity index (χ1n) is 19.0. The molecular formula is C42H63N7O3. The number of anilines is 1. The van der Waals surface area contributed by atoms with E-state index >= 15 is 0 Å². The summed E-state index contributed by atoms with van der Waals surface area (Å²) in [6.45, 7) is 17.5. The Morgan fingerprint density at radius 3 is 2.23 bits per heavy atom. The van der Waals surface area contributed by atoms with Crippen molar-refractivity contribution in [1.29, 1.82) is 5.41 Å². The Morgan fingerprint density at radius 1 is 1.12 bits per heavy atom. The zero-order valence-corrected chi connectivity index (χ0v) is 32.6. The Kier molecular flexibility index (Phi) is 14.0. The van der Waals surface area contributed by atoms with Gasteiger partial charge in [0.1, 0.15) is 6.29 Å². The molecule has 10 nitrogen and oxygen atoms in total. The van der Waals surface area contributed by atoms with Gasteiger partial charge < -0.3 is 31.7 Å². The number of aryl methyl sites for hydroxylation is 2. The normalized spacial score (nSPS) is 26.1. The van der Waals surface area contributed by atoms with E-state index in [2.05, 4.69) is 34.0 Å². The van der Waals surface area contributed by atoms with Crippen LogP contribution < -0.4 is 21.9 Å². The standard InChI is InChI=1S/C16H21N3O.C12H18.C9H14N2O.C5H10N2O/c1-4-5-12(8-17)13-6-14(10-20)15(9-18)16(7-13)19-11(2)3;1-2-3-11-6-9-4-8-5-10(7-11)12(8,9)11;1-6-4-7(2)11-9(12)8(6)5-10-3;1-6-2-3-7(4-6)5-8/h4-8,10-11,17,19H,1,9,18H2,2-3H3;8-10H,2-7H2,1H3;4,10H,5H2,1-3H3,(H,11,12);5H,2-4H2,1H3/b12-5+,17-8?;;;. The molecule has 1 aromatic carbocycles. The topological polar surface area (TPSA) is 147 Å². The fraction of sp³-hybridized carbons (Fsp3) is 0.571. The number of nitrogens with two attached hydrogens (primary N) is 1. The van der Waals surface area contributed by atoms with E-state index in [0.717, 1.165) is 76.9 Å². The Balaban J connectivity index is 0.000000163. The SMILES string of the molecule is C=C/C=C(\C=N)c1cc(C=O)c(CN)c(NC(C)C)c1.CCCC12CC3CC4CC(C1)C432.CN1CCN(C=O)C1.CNCc1c(C)cc(C)[nH]c1=O. The molecule has 5 fully saturated rings. The fourth-order valence-corrected chi connectivity index (χ4v) is 10.2. The molecule has 6 N–H and O–H groups in total. The number of nitrogens with zero attached hydrogens (tertiary/aromatic N) is 2. The van der Waals surface area contributed by atoms with E-state index in [0.29, 0.717) is 17.7 Å². The van der Waals surface area contributed by atoms with Gasteiger partial charge in [-0.15, -0.1) is 0 Å². The average molecular weight is 714 g/mol. The zero-order valence-electron chi connectivity index (χ0n) is 32.6. The monoisotopic (exact) mass is 713 g/mol. The van der Waals surface area contributed by atoms with Crippen LogP contribution in [-0.2, 0) is 17.9 Å². The lowest BCUT2D eigenvalue weighted by Crippen LogP contribution is -2.85. The van der Waals surface area contributed by atoms with Crippen molar-refractivity contribution >= 4 is 30.2 Å². The number of aldehydes is 1. The number of carbonyl (C=O) groups is 2. The van der Waals surface area contributed by atoms with Gasteiger partial charge in [-0.1, -0.05) is 32.1 Å². The van der Waals surface area contributed by atoms with Gasteiger partial charge >= 0.3 is 0 Å². The summed E-state index contributed by atoms with van der Waals surface area (Å²) < 4.78 is 0. The fourth-order valence-electron chi connectivity index (χ4n) is 10.2. The van der Waals surface area contributed by atoms with Gasteiger partial charge in [-0.05, 0) is 143 Å². The highest BCUT2D eigenvalue weighted by Gasteiger charge is 2.86. The number of hydrogen-bond donors (Lipinski definition) is 5. The van der Waals surface area contributed by atoms with Crippen LogP contribution in [0.25, 0.3) is 5.57 Å². The Labute approximate surface area is 311 Å². The van der Waals surface area contributed by atoms with Crippen molar-refractivity contribution in [3.8, 4) is 0 Å². The quantitative estimate of drug-likeness (QED) is 0.0989. The summed E-state index contributed by atoms with van der Waals surface area (Å²) in [5.41, 5.74) is 14.1. The summed E-state index contributed by atoms with van der Waals surface area (Å²) in [5.74, 6) is 3.67. The van der Waals surface area contributed by atoms with Crippen LogP contribution in [0.1, 0.15) is 97.6 Å². The molecule has 1 aliphatic heterocycles. The first-order valence-corrected chi connectivity index (χ1v) is 19.0. The van der Waals surface area contributed by atoms with Crippen LogP contribution in [0, 0.1) is 47.8 Å². The van der Waals surface area contributed by atoms with Gasteiger partial charge in [0.15, 0.2) is 0 Å². The van der Waals surface area contributed by atoms with E-state index in [1.165, 1.54) is 30.4 Å². The second kappa shape index (κ2) is 17.8. The second-order valence-corrected chi connectivity index (χ2v) is 15.8. The predicted molar refractivity (Wildman–Crippen MR) is 214 cm³/mol. The summed E-state index contributed by atoms with van der Waals surface area (Å²) in [6, 6.07) is 5.87. The molecule has 4 saturated carbocycles. The summed E-state index contributed by atoms with van der Waals surface area (Å²) in [5, 5.41) is 13.7. The Hall–Kier alpha value is -3.86. The van der Waals surface area contributed by atoms with E-state index in [-0.39, 0.29) is 18.1 Å². The molecular weight excluding hydrogens is 651 g/mol. The number of allylic oxidation sites excluding steroid dienone is 3. The van der Waals surface area contributed by atoms with Crippen LogP contribution in [0.3, 0.4) is 0 Å². The van der Waals surface area contributed by atoms with Crippen LogP contribution in [0.15, 0.2) is 41.7 Å². The number of benzene rings is 1. The molecule has 7 rings (SSSR count). The number of rotatable bonds is 12. The molecule has 2 unspecified atom stereocenters. The highest BCUT2D eigenvalue weighted by atomic mass is 16.1. The lowest BCUT2D eigenvalue weighted by molar-refractivity contribution is -0.433. The largest absolute Gasteiger partial charge is 0.383 e. The van der Waals surface area contributed by atoms with Gasteiger partial charge in [0.2, 0.25) is 6.41 Å². The third-order valence-corrected chi connectivity index (χ3v) is 12.1. The van der Waals surface area contributed by atoms with Gasteiger partial charge in [0.25, 0.3) is 5.56 Å². The summed E-state index contributed by atoms with van der Waals surface area (Å²) in [6.07, 6.45) is 15.8. The maximum atomic E-state index is 11.4. The van der Waals surface area contributed by atoms with Crippen LogP contribution in [-0.4, -0.2) is 73.6 Å². The van der Waals surface area contributed by atoms with E-state index < -0.39 is 0 Å². The minimum atomic E-state index is 0.0156. The summed E-state index contributed by atoms with van der Waals surface area (Å²) >= 11 is 0. The number of aromatic amines is 1. The lowest BCUT2D eigenvalue weighted by Gasteiger charge is -2.92. The van der Waals surface area contributed by atoms with Crippen molar-refractivity contribution < 1.29 is 9.59 Å². The zero-order chi connectivity index (χ0) is 38.2. The molecule has 2 heterocycles. The number of H-pyrrole nitrogens is 1. The number of pyridine rings is 1. The maximum Gasteiger partial charge on any atom is 0.252 e. The lowest BCUT2D eigenvalue weighted by atomic mass is 9.13. The van der Waals surface area contributed by atoms with E-state index in [4.69, 9.17) is 11.1 Å². The van der Waals surface area contributed by atoms with Gasteiger partial charge in [-0.3, -0.25) is 19.3 Å². The van der Waals surface area contributed by atoms with E-state index in [9.17, 15) is 14.4 Å². The van der Waals surface area contributed by atoms with Gasteiger partial charge in [0.05, 0.1) is 6.67 Å². The van der Waals surface area contributed by atoms with E-state index in [1.807, 2.05) is 53.9 Å². The van der Waals surface area contributed by atoms with Crippen LogP contribution in [0.5, 0.6) is 0 Å². The third-order valence-electron chi connectivity index (χ3n) is 12.1. The van der Waals surface area contributed by atoms with Gasteiger partial charge in [-0.25, -0.2) is 0 Å². The second-order valence-electron chi connectivity index (χ2n) is 15.8. The Morgan fingerprint density at radius 2 is 1.81 bits per heavy atom. The first kappa shape index (κ1) is 40.9. The van der Waals surface area contributed by atoms with Crippen molar-refractivity contribution in [2.45, 2.75) is 92.3 Å². The molecule has 1 amide bonds. The summed E-state index contributed by atoms with van der Waals surface area (Å²) in [4.78, 5) is 39.3. The number of amides is 1. The molecule has 5 aliphatic rings. The first-order chi connectivity index (χ1) is 24.9. The molecule has 284 valence electrons. The number of aromatic nitrogens is 1. The van der Waals surface area contributed by atoms with Crippen molar-refractivity contribution in [2.24, 2.45) is 34.3 Å². The van der Waals surface area contributed by atoms with E-state index in [1.54, 1.807) is 55.2 Å². The minimum Gasteiger partial charge on any atom is -0.383 e. The molecule has 4 aliphatic carbocycles. The highest BCUT2D eigenvalue weighted by Crippen LogP contribution is 2.93. The molecule has 52 heavy (non-hydrogen) atoms. The number of hydrogen-bond acceptors (Lipinski definition) is 8. The van der Waals surface area contributed by atoms with Gasteiger partial charge in [0, 0.05) is 60.9 Å². The van der Waals surface area contributed by atoms with Crippen LogP contribution >= 0.6 is 0 Å². The third kappa shape index (κ3) is 8.04. The minimum absolute atomic E-state index is 0.0156. The molecule has 1 aromatic heterocycles. The molecule has 1 spiro atoms. The predicted octanol–water partition coefficient (Wildman–Crippen LogP) is 6.28. The molecule has 1 saturated heterocycles. The van der Waals surface area contributed by atoms with Crippen molar-refractivity contribution in [3.05, 3.63) is 80.8 Å². The number of nitrogens with one attached hydrogen (secondary N) is 4. The van der Waals surface area contributed by atoms with Crippen LogP contribution in [0.2, 0.25) is 0 Å². The molecule has 2 atom stereocenters. The molecule has 2 aromatic rings. The summed E-state index contributed by atoms with van der Waals surface area (Å²) in [7, 11) is 3.84.